The predicted octanol–water partition coefficient (Wildman–Crippen LogP) is 1.76. The highest BCUT2D eigenvalue weighted by molar-refractivity contribution is 5.33. The van der Waals surface area contributed by atoms with Crippen LogP contribution in [0.5, 0.6) is 0 Å². The lowest BCUT2D eigenvalue weighted by atomic mass is 10.1. The van der Waals surface area contributed by atoms with Gasteiger partial charge in [-0.3, -0.25) is 0 Å². The lowest BCUT2D eigenvalue weighted by molar-refractivity contribution is 0.0292. The first-order valence-electron chi connectivity index (χ1n) is 7.58. The highest BCUT2D eigenvalue weighted by Gasteiger charge is 2.27. The minimum absolute atomic E-state index is 0.191. The molecule has 0 aromatic carbocycles. The average molecular weight is 278 g/mol. The van der Waals surface area contributed by atoms with Crippen molar-refractivity contribution in [2.75, 3.05) is 18.1 Å². The van der Waals surface area contributed by atoms with Gasteiger partial charge < -0.3 is 15.4 Å². The third-order valence-electron chi connectivity index (χ3n) is 3.91. The quantitative estimate of drug-likeness (QED) is 0.889. The molecule has 0 bridgehead atoms. The molecule has 3 atom stereocenters. The van der Waals surface area contributed by atoms with E-state index in [1.54, 1.807) is 0 Å². The van der Waals surface area contributed by atoms with Crippen molar-refractivity contribution < 1.29 is 4.74 Å². The number of morpholine rings is 1. The number of rotatable bonds is 5. The van der Waals surface area contributed by atoms with Gasteiger partial charge in [0.25, 0.3) is 0 Å². The summed E-state index contributed by atoms with van der Waals surface area (Å²) in [5.74, 6) is 0.806. The Morgan fingerprint density at radius 1 is 1.40 bits per heavy atom. The van der Waals surface area contributed by atoms with Gasteiger partial charge in [-0.25, -0.2) is 9.97 Å². The van der Waals surface area contributed by atoms with Crippen molar-refractivity contribution in [2.24, 2.45) is 5.73 Å². The molecule has 0 radical (unpaired) electrons. The van der Waals surface area contributed by atoms with E-state index in [9.17, 15) is 0 Å². The number of nitrogens with two attached hydrogens (primary N) is 1. The molecule has 5 heteroatoms. The number of anilines is 1. The first kappa shape index (κ1) is 15.2. The van der Waals surface area contributed by atoms with E-state index in [1.807, 2.05) is 12.4 Å². The summed E-state index contributed by atoms with van der Waals surface area (Å²) in [6.07, 6.45) is 6.90. The molecule has 5 nitrogen and oxygen atoms in total. The van der Waals surface area contributed by atoms with E-state index in [1.165, 1.54) is 0 Å². The summed E-state index contributed by atoms with van der Waals surface area (Å²) < 4.78 is 5.71. The van der Waals surface area contributed by atoms with E-state index in [-0.39, 0.29) is 12.1 Å². The smallest absolute Gasteiger partial charge is 0.225 e. The van der Waals surface area contributed by atoms with Crippen LogP contribution in [0.25, 0.3) is 0 Å². The van der Waals surface area contributed by atoms with Crippen LogP contribution in [0.4, 0.5) is 5.95 Å². The van der Waals surface area contributed by atoms with E-state index in [4.69, 9.17) is 10.5 Å². The van der Waals surface area contributed by atoms with Gasteiger partial charge in [0, 0.05) is 25.0 Å². The van der Waals surface area contributed by atoms with Crippen LogP contribution in [0.2, 0.25) is 0 Å². The van der Waals surface area contributed by atoms with Gasteiger partial charge in [-0.1, -0.05) is 13.8 Å². The van der Waals surface area contributed by atoms with Crippen LogP contribution >= 0.6 is 0 Å². The summed E-state index contributed by atoms with van der Waals surface area (Å²) in [4.78, 5) is 11.3. The van der Waals surface area contributed by atoms with Crippen molar-refractivity contribution in [2.45, 2.75) is 58.2 Å². The number of aromatic nitrogens is 2. The van der Waals surface area contributed by atoms with Gasteiger partial charge in [0.05, 0.1) is 18.8 Å². The number of nitrogens with zero attached hydrogens (tertiary/aromatic N) is 3. The average Bonchev–Trinajstić information content (AvgIpc) is 2.48. The maximum absolute atomic E-state index is 5.97. The lowest BCUT2D eigenvalue weighted by Crippen LogP contribution is -2.49. The van der Waals surface area contributed by atoms with Crippen molar-refractivity contribution in [3.63, 3.8) is 0 Å². The van der Waals surface area contributed by atoms with Crippen LogP contribution in [-0.2, 0) is 11.2 Å². The molecule has 1 aliphatic rings. The molecule has 0 amide bonds. The minimum atomic E-state index is 0.191. The maximum Gasteiger partial charge on any atom is 0.225 e. The molecule has 1 fully saturated rings. The summed E-state index contributed by atoms with van der Waals surface area (Å²) in [6.45, 7) is 7.97. The fraction of sp³-hybridized carbons (Fsp3) is 0.733. The molecule has 1 aromatic heterocycles. The molecule has 1 aromatic rings. The second-order valence-electron chi connectivity index (χ2n) is 5.62. The van der Waals surface area contributed by atoms with E-state index < -0.39 is 0 Å². The molecule has 0 saturated carbocycles. The molecule has 112 valence electrons. The highest BCUT2D eigenvalue weighted by Crippen LogP contribution is 2.19. The number of ether oxygens (including phenoxy) is 1. The Morgan fingerprint density at radius 3 is 2.70 bits per heavy atom. The van der Waals surface area contributed by atoms with E-state index in [0.29, 0.717) is 6.04 Å². The topological polar surface area (TPSA) is 64.3 Å². The summed E-state index contributed by atoms with van der Waals surface area (Å²) in [5.41, 5.74) is 7.07. The number of hydrogen-bond donors (Lipinski definition) is 1. The summed E-state index contributed by atoms with van der Waals surface area (Å²) in [7, 11) is 0. The fourth-order valence-corrected chi connectivity index (χ4v) is 2.48. The second-order valence-corrected chi connectivity index (χ2v) is 5.62. The summed E-state index contributed by atoms with van der Waals surface area (Å²) in [5, 5.41) is 0. The standard InChI is InChI=1S/C15H26N4O/c1-4-13(16)6-12-7-17-15(18-8-12)19-9-11(3)20-10-14(19)5-2/h7-8,11,13-14H,4-6,9-10,16H2,1-3H3. The maximum atomic E-state index is 5.97. The normalized spacial score (nSPS) is 24.7. The van der Waals surface area contributed by atoms with Crippen LogP contribution in [0.3, 0.4) is 0 Å². The highest BCUT2D eigenvalue weighted by atomic mass is 16.5. The zero-order valence-corrected chi connectivity index (χ0v) is 12.7. The lowest BCUT2D eigenvalue weighted by Gasteiger charge is -2.38. The number of hydrogen-bond acceptors (Lipinski definition) is 5. The molecule has 2 rings (SSSR count). The SMILES string of the molecule is CCC(N)Cc1cnc(N2CC(C)OCC2CC)nc1. The molecule has 2 N–H and O–H groups in total. The van der Waals surface area contributed by atoms with E-state index in [0.717, 1.165) is 43.9 Å². The van der Waals surface area contributed by atoms with Crippen molar-refractivity contribution in [1.82, 2.24) is 9.97 Å². The van der Waals surface area contributed by atoms with Gasteiger partial charge in [0.1, 0.15) is 0 Å². The Hall–Kier alpha value is -1.20. The van der Waals surface area contributed by atoms with Gasteiger partial charge in [-0.2, -0.15) is 0 Å². The van der Waals surface area contributed by atoms with Crippen molar-refractivity contribution in [1.29, 1.82) is 0 Å². The Kier molecular flexibility index (Phi) is 5.31. The second kappa shape index (κ2) is 6.99. The van der Waals surface area contributed by atoms with Crippen LogP contribution in [-0.4, -0.2) is 41.3 Å². The monoisotopic (exact) mass is 278 g/mol. The minimum Gasteiger partial charge on any atom is -0.375 e. The predicted molar refractivity (Wildman–Crippen MR) is 80.8 cm³/mol. The molecule has 3 unspecified atom stereocenters. The molecule has 2 heterocycles. The van der Waals surface area contributed by atoms with Gasteiger partial charge in [0.2, 0.25) is 5.95 Å². The molecule has 1 aliphatic heterocycles. The summed E-state index contributed by atoms with van der Waals surface area (Å²) in [6, 6.07) is 0.561. The molecule has 1 saturated heterocycles. The summed E-state index contributed by atoms with van der Waals surface area (Å²) >= 11 is 0. The van der Waals surface area contributed by atoms with Gasteiger partial charge >= 0.3 is 0 Å². The molecule has 0 aliphatic carbocycles. The van der Waals surface area contributed by atoms with Gasteiger partial charge in [0.15, 0.2) is 0 Å². The van der Waals surface area contributed by atoms with Crippen molar-refractivity contribution in [3.8, 4) is 0 Å². The zero-order chi connectivity index (χ0) is 14.5. The van der Waals surface area contributed by atoms with Gasteiger partial charge in [-0.15, -0.1) is 0 Å². The van der Waals surface area contributed by atoms with Crippen LogP contribution in [0.15, 0.2) is 12.4 Å². The third-order valence-corrected chi connectivity index (χ3v) is 3.91. The van der Waals surface area contributed by atoms with Crippen LogP contribution < -0.4 is 10.6 Å². The largest absolute Gasteiger partial charge is 0.375 e. The first-order valence-corrected chi connectivity index (χ1v) is 7.58. The van der Waals surface area contributed by atoms with Crippen LogP contribution in [0, 0.1) is 0 Å². The molecular formula is C15H26N4O. The Morgan fingerprint density at radius 2 is 2.10 bits per heavy atom. The molecule has 20 heavy (non-hydrogen) atoms. The Bertz CT molecular complexity index is 409. The van der Waals surface area contributed by atoms with Crippen molar-refractivity contribution in [3.05, 3.63) is 18.0 Å². The molecular weight excluding hydrogens is 252 g/mol. The Labute approximate surface area is 121 Å². The third kappa shape index (κ3) is 3.67. The van der Waals surface area contributed by atoms with E-state index >= 15 is 0 Å². The van der Waals surface area contributed by atoms with Gasteiger partial charge in [-0.05, 0) is 31.7 Å². The molecule has 0 spiro atoms. The van der Waals surface area contributed by atoms with Crippen molar-refractivity contribution >= 4 is 5.95 Å². The van der Waals surface area contributed by atoms with Crippen LogP contribution in [0.1, 0.15) is 39.2 Å². The van der Waals surface area contributed by atoms with E-state index in [2.05, 4.69) is 35.6 Å². The Balaban J connectivity index is 2.07. The zero-order valence-electron chi connectivity index (χ0n) is 12.7. The first-order chi connectivity index (χ1) is 9.63. The fourth-order valence-electron chi connectivity index (χ4n) is 2.48.